The molecule has 1 amide bonds. The van der Waals surface area contributed by atoms with Crippen LogP contribution in [0.1, 0.15) is 33.3 Å². The molecule has 0 saturated carbocycles. The first-order valence-electron chi connectivity index (χ1n) is 9.45. The number of aromatic nitrogens is 3. The minimum absolute atomic E-state index is 0.172. The number of benzene rings is 2. The smallest absolute Gasteiger partial charge is 0.293 e. The number of carbonyl (C=O) groups is 1. The van der Waals surface area contributed by atoms with Crippen molar-refractivity contribution in [2.45, 2.75) is 19.9 Å². The van der Waals surface area contributed by atoms with E-state index in [1.54, 1.807) is 29.0 Å². The molecule has 2 heterocycles. The normalized spacial score (nSPS) is 10.8. The Balaban J connectivity index is 1.66. The van der Waals surface area contributed by atoms with E-state index in [2.05, 4.69) is 10.1 Å². The Hall–Kier alpha value is -3.67. The number of aryl methyl sites for hydroxylation is 1. The van der Waals surface area contributed by atoms with E-state index in [-0.39, 0.29) is 11.7 Å². The summed E-state index contributed by atoms with van der Waals surface area (Å²) >= 11 is 0. The number of hydrogen-bond donors (Lipinski definition) is 0. The Morgan fingerprint density at radius 3 is 2.48 bits per heavy atom. The molecule has 0 bridgehead atoms. The molecule has 2 aromatic heterocycles. The van der Waals surface area contributed by atoms with Crippen LogP contribution in [0.2, 0.25) is 0 Å². The first-order chi connectivity index (χ1) is 14.1. The van der Waals surface area contributed by atoms with Crippen molar-refractivity contribution in [3.63, 3.8) is 0 Å². The Labute approximate surface area is 169 Å². The van der Waals surface area contributed by atoms with Crippen LogP contribution in [0.25, 0.3) is 5.69 Å². The van der Waals surface area contributed by atoms with Crippen molar-refractivity contribution in [3.05, 3.63) is 102 Å². The van der Waals surface area contributed by atoms with Crippen LogP contribution in [-0.2, 0) is 13.0 Å². The first kappa shape index (κ1) is 18.7. The van der Waals surface area contributed by atoms with Crippen molar-refractivity contribution in [1.82, 2.24) is 19.7 Å². The number of rotatable bonds is 6. The van der Waals surface area contributed by atoms with Gasteiger partial charge in [0.1, 0.15) is 11.6 Å². The van der Waals surface area contributed by atoms with Gasteiger partial charge >= 0.3 is 0 Å². The highest BCUT2D eigenvalue weighted by molar-refractivity contribution is 5.90. The molecule has 0 spiro atoms. The maximum atomic E-state index is 12.9. The fourth-order valence-electron chi connectivity index (χ4n) is 3.10. The van der Waals surface area contributed by atoms with Crippen molar-refractivity contribution in [3.8, 4) is 5.69 Å². The van der Waals surface area contributed by atoms with E-state index in [1.165, 1.54) is 0 Å². The monoisotopic (exact) mass is 386 g/mol. The molecule has 0 aliphatic rings. The van der Waals surface area contributed by atoms with Gasteiger partial charge in [0.05, 0.1) is 18.5 Å². The number of furan rings is 1. The Morgan fingerprint density at radius 2 is 1.79 bits per heavy atom. The molecule has 0 aliphatic carbocycles. The van der Waals surface area contributed by atoms with Crippen molar-refractivity contribution >= 4 is 5.91 Å². The second kappa shape index (κ2) is 8.14. The highest BCUT2D eigenvalue weighted by Crippen LogP contribution is 2.16. The van der Waals surface area contributed by atoms with Gasteiger partial charge in [0.15, 0.2) is 0 Å². The standard InChI is InChI=1S/C23H22N4O2/c1-17-10-12-19(13-11-17)27-21(15-18-7-4-3-5-8-18)24-22(25-27)23(28)26(2)16-20-9-6-14-29-20/h3-14H,15-16H2,1-2H3. The second-order valence-corrected chi connectivity index (χ2v) is 7.00. The third-order valence-corrected chi connectivity index (χ3v) is 4.67. The van der Waals surface area contributed by atoms with Gasteiger partial charge in [-0.3, -0.25) is 4.79 Å². The molecule has 6 nitrogen and oxygen atoms in total. The lowest BCUT2D eigenvalue weighted by Crippen LogP contribution is -2.27. The zero-order valence-electron chi connectivity index (χ0n) is 16.4. The number of amides is 1. The molecule has 0 fully saturated rings. The van der Waals surface area contributed by atoms with Crippen LogP contribution in [0.3, 0.4) is 0 Å². The third-order valence-electron chi connectivity index (χ3n) is 4.67. The SMILES string of the molecule is Cc1ccc(-n2nc(C(=O)N(C)Cc3ccco3)nc2Cc2ccccc2)cc1. The Bertz CT molecular complexity index is 1080. The fourth-order valence-corrected chi connectivity index (χ4v) is 3.10. The molecule has 6 heteroatoms. The molecule has 0 unspecified atom stereocenters. The predicted octanol–water partition coefficient (Wildman–Crippen LogP) is 4.03. The molecule has 0 radical (unpaired) electrons. The summed E-state index contributed by atoms with van der Waals surface area (Å²) in [4.78, 5) is 19.1. The van der Waals surface area contributed by atoms with Crippen molar-refractivity contribution in [2.24, 2.45) is 0 Å². The lowest BCUT2D eigenvalue weighted by molar-refractivity contribution is 0.0763. The van der Waals surface area contributed by atoms with Gasteiger partial charge in [-0.25, -0.2) is 9.67 Å². The summed E-state index contributed by atoms with van der Waals surface area (Å²) in [5.41, 5.74) is 3.14. The van der Waals surface area contributed by atoms with Crippen LogP contribution in [0.5, 0.6) is 0 Å². The summed E-state index contributed by atoms with van der Waals surface area (Å²) in [6.45, 7) is 2.40. The van der Waals surface area contributed by atoms with Gasteiger partial charge in [-0.2, -0.15) is 0 Å². The highest BCUT2D eigenvalue weighted by atomic mass is 16.3. The van der Waals surface area contributed by atoms with Crippen LogP contribution >= 0.6 is 0 Å². The van der Waals surface area contributed by atoms with E-state index in [0.717, 1.165) is 22.6 Å². The van der Waals surface area contributed by atoms with E-state index in [4.69, 9.17) is 4.42 Å². The summed E-state index contributed by atoms with van der Waals surface area (Å²) in [7, 11) is 1.72. The van der Waals surface area contributed by atoms with Gasteiger partial charge in [0.2, 0.25) is 5.82 Å². The number of hydrogen-bond acceptors (Lipinski definition) is 4. The van der Waals surface area contributed by atoms with E-state index in [1.807, 2.05) is 67.6 Å². The van der Waals surface area contributed by atoms with Crippen LogP contribution in [0.4, 0.5) is 0 Å². The molecule has 4 aromatic rings. The summed E-state index contributed by atoms with van der Waals surface area (Å²) in [6, 6.07) is 21.7. The Morgan fingerprint density at radius 1 is 1.03 bits per heavy atom. The zero-order chi connectivity index (χ0) is 20.2. The van der Waals surface area contributed by atoms with Crippen molar-refractivity contribution in [2.75, 3.05) is 7.05 Å². The average Bonchev–Trinajstić information content (AvgIpc) is 3.39. The van der Waals surface area contributed by atoms with Crippen LogP contribution in [0, 0.1) is 6.92 Å². The highest BCUT2D eigenvalue weighted by Gasteiger charge is 2.21. The zero-order valence-corrected chi connectivity index (χ0v) is 16.4. The van der Waals surface area contributed by atoms with Gasteiger partial charge < -0.3 is 9.32 Å². The van der Waals surface area contributed by atoms with Gasteiger partial charge in [0, 0.05) is 13.5 Å². The molecular weight excluding hydrogens is 364 g/mol. The molecular formula is C23H22N4O2. The lowest BCUT2D eigenvalue weighted by atomic mass is 10.1. The van der Waals surface area contributed by atoms with Gasteiger partial charge in [0.25, 0.3) is 5.91 Å². The molecule has 0 saturated heterocycles. The van der Waals surface area contributed by atoms with E-state index < -0.39 is 0 Å². The summed E-state index contributed by atoms with van der Waals surface area (Å²) in [5, 5.41) is 4.54. The van der Waals surface area contributed by atoms with Crippen LogP contribution in [-0.4, -0.2) is 32.6 Å². The maximum absolute atomic E-state index is 12.9. The quantitative estimate of drug-likeness (QED) is 0.502. The molecule has 0 atom stereocenters. The van der Waals surface area contributed by atoms with Crippen molar-refractivity contribution < 1.29 is 9.21 Å². The summed E-state index contributed by atoms with van der Waals surface area (Å²) < 4.78 is 7.09. The summed E-state index contributed by atoms with van der Waals surface area (Å²) in [5.74, 6) is 1.35. The minimum atomic E-state index is -0.249. The van der Waals surface area contributed by atoms with Gasteiger partial charge in [-0.15, -0.1) is 5.10 Å². The lowest BCUT2D eigenvalue weighted by Gasteiger charge is -2.13. The molecule has 29 heavy (non-hydrogen) atoms. The van der Waals surface area contributed by atoms with Crippen LogP contribution < -0.4 is 0 Å². The van der Waals surface area contributed by atoms with E-state index >= 15 is 0 Å². The number of carbonyl (C=O) groups excluding carboxylic acids is 1. The predicted molar refractivity (Wildman–Crippen MR) is 110 cm³/mol. The van der Waals surface area contributed by atoms with Gasteiger partial charge in [-0.05, 0) is 36.8 Å². The maximum Gasteiger partial charge on any atom is 0.293 e. The van der Waals surface area contributed by atoms with E-state index in [0.29, 0.717) is 18.7 Å². The largest absolute Gasteiger partial charge is 0.467 e. The molecule has 2 aromatic carbocycles. The minimum Gasteiger partial charge on any atom is -0.467 e. The molecule has 0 aliphatic heterocycles. The second-order valence-electron chi connectivity index (χ2n) is 7.00. The first-order valence-corrected chi connectivity index (χ1v) is 9.45. The summed E-state index contributed by atoms with van der Waals surface area (Å²) in [6.07, 6.45) is 2.17. The molecule has 0 N–H and O–H groups in total. The average molecular weight is 386 g/mol. The van der Waals surface area contributed by atoms with Crippen molar-refractivity contribution in [1.29, 1.82) is 0 Å². The molecule has 146 valence electrons. The third kappa shape index (κ3) is 4.27. The van der Waals surface area contributed by atoms with Gasteiger partial charge in [-0.1, -0.05) is 48.0 Å². The molecule has 4 rings (SSSR count). The van der Waals surface area contributed by atoms with Crippen LogP contribution in [0.15, 0.2) is 77.4 Å². The topological polar surface area (TPSA) is 64.2 Å². The number of nitrogens with zero attached hydrogens (tertiary/aromatic N) is 4. The Kier molecular flexibility index (Phi) is 5.24. The van der Waals surface area contributed by atoms with E-state index in [9.17, 15) is 4.79 Å². The fraction of sp³-hybridized carbons (Fsp3) is 0.174.